The summed E-state index contributed by atoms with van der Waals surface area (Å²) >= 11 is 4.70. The molecule has 0 N–H and O–H groups in total. The van der Waals surface area contributed by atoms with Gasteiger partial charge < -0.3 is 4.74 Å². The van der Waals surface area contributed by atoms with Crippen molar-refractivity contribution in [2.45, 2.75) is 45.5 Å². The summed E-state index contributed by atoms with van der Waals surface area (Å²) in [6, 6.07) is 3.55. The fourth-order valence-electron chi connectivity index (χ4n) is 3.26. The lowest BCUT2D eigenvalue weighted by atomic mass is 9.73. The quantitative estimate of drug-likeness (QED) is 0.691. The number of hydrogen-bond acceptors (Lipinski definition) is 5. The largest absolute Gasteiger partial charge is 0.437 e. The summed E-state index contributed by atoms with van der Waals surface area (Å²) in [5.41, 5.74) is -0.306. The second-order valence-corrected chi connectivity index (χ2v) is 11.5. The van der Waals surface area contributed by atoms with Crippen LogP contribution in [0.15, 0.2) is 15.9 Å². The molecule has 1 unspecified atom stereocenters. The van der Waals surface area contributed by atoms with Gasteiger partial charge in [-0.15, -0.1) is 11.3 Å². The maximum atomic E-state index is 13.0. The van der Waals surface area contributed by atoms with E-state index in [1.165, 1.54) is 18.3 Å². The number of ether oxygens (including phenoxy) is 1. The summed E-state index contributed by atoms with van der Waals surface area (Å²) in [5, 5.41) is 0. The van der Waals surface area contributed by atoms with E-state index >= 15 is 0 Å². The highest BCUT2D eigenvalue weighted by molar-refractivity contribution is 9.11. The summed E-state index contributed by atoms with van der Waals surface area (Å²) in [4.78, 5) is 10.8. The molecular formula is C15H21BrO4S2. The zero-order valence-corrected chi connectivity index (χ0v) is 16.4. The van der Waals surface area contributed by atoms with Crippen LogP contribution in [0.1, 0.15) is 45.4 Å². The van der Waals surface area contributed by atoms with Crippen molar-refractivity contribution < 1.29 is 17.9 Å². The van der Waals surface area contributed by atoms with Crippen LogP contribution < -0.4 is 0 Å². The van der Waals surface area contributed by atoms with Gasteiger partial charge in [0.05, 0.1) is 14.4 Å². The second kappa shape index (κ2) is 5.91. The van der Waals surface area contributed by atoms with Gasteiger partial charge in [-0.3, -0.25) is 4.79 Å². The van der Waals surface area contributed by atoms with Crippen LogP contribution in [0, 0.1) is 11.3 Å². The molecule has 2 heterocycles. The Hall–Kier alpha value is -0.400. The van der Waals surface area contributed by atoms with Crippen molar-refractivity contribution >= 4 is 43.1 Å². The van der Waals surface area contributed by atoms with Gasteiger partial charge in [-0.05, 0) is 46.3 Å². The molecule has 0 aliphatic carbocycles. The lowest BCUT2D eigenvalue weighted by Gasteiger charge is -2.47. The van der Waals surface area contributed by atoms with E-state index in [9.17, 15) is 13.2 Å². The topological polar surface area (TPSA) is 60.4 Å². The van der Waals surface area contributed by atoms with Gasteiger partial charge in [0.15, 0.2) is 9.84 Å². The normalized spacial score (nSPS) is 28.3. The zero-order valence-electron chi connectivity index (χ0n) is 13.2. The molecule has 22 heavy (non-hydrogen) atoms. The van der Waals surface area contributed by atoms with Crippen LogP contribution in [-0.4, -0.2) is 20.1 Å². The van der Waals surface area contributed by atoms with Gasteiger partial charge >= 0.3 is 5.97 Å². The van der Waals surface area contributed by atoms with Gasteiger partial charge in [-0.1, -0.05) is 20.8 Å². The van der Waals surface area contributed by atoms with Gasteiger partial charge in [-0.2, -0.15) is 0 Å². The zero-order chi connectivity index (χ0) is 16.8. The molecule has 1 aliphatic rings. The number of rotatable bonds is 2. The molecule has 1 aromatic heterocycles. The van der Waals surface area contributed by atoms with Crippen LogP contribution in [0.3, 0.4) is 0 Å². The van der Waals surface area contributed by atoms with Gasteiger partial charge in [0.2, 0.25) is 4.93 Å². The molecule has 0 aromatic carbocycles. The van der Waals surface area contributed by atoms with E-state index in [2.05, 4.69) is 15.9 Å². The van der Waals surface area contributed by atoms with Crippen molar-refractivity contribution in [2.75, 3.05) is 5.75 Å². The van der Waals surface area contributed by atoms with E-state index < -0.39 is 20.7 Å². The van der Waals surface area contributed by atoms with E-state index in [1.807, 2.05) is 20.8 Å². The highest BCUT2D eigenvalue weighted by atomic mass is 79.9. The number of thiophene rings is 1. The van der Waals surface area contributed by atoms with Crippen LogP contribution in [0.2, 0.25) is 0 Å². The molecule has 4 nitrogen and oxygen atoms in total. The Morgan fingerprint density at radius 3 is 2.50 bits per heavy atom. The Morgan fingerprint density at radius 1 is 1.41 bits per heavy atom. The lowest BCUT2D eigenvalue weighted by molar-refractivity contribution is -0.158. The predicted octanol–water partition coefficient (Wildman–Crippen LogP) is 4.10. The number of halogens is 1. The monoisotopic (exact) mass is 408 g/mol. The van der Waals surface area contributed by atoms with Crippen molar-refractivity contribution in [3.05, 3.63) is 20.8 Å². The van der Waals surface area contributed by atoms with Crippen molar-refractivity contribution in [1.82, 2.24) is 0 Å². The minimum absolute atomic E-state index is 0.0440. The van der Waals surface area contributed by atoms with Crippen LogP contribution in [-0.2, 0) is 24.3 Å². The van der Waals surface area contributed by atoms with Crippen LogP contribution in [0.5, 0.6) is 0 Å². The number of esters is 1. The van der Waals surface area contributed by atoms with E-state index in [4.69, 9.17) is 4.74 Å². The molecule has 2 atom stereocenters. The summed E-state index contributed by atoms with van der Waals surface area (Å²) in [5.74, 6) is -0.806. The van der Waals surface area contributed by atoms with Crippen molar-refractivity contribution in [1.29, 1.82) is 0 Å². The van der Waals surface area contributed by atoms with Crippen molar-refractivity contribution in [2.24, 2.45) is 11.3 Å². The first-order valence-electron chi connectivity index (χ1n) is 7.18. The summed E-state index contributed by atoms with van der Waals surface area (Å²) in [7, 11) is -3.61. The third-order valence-electron chi connectivity index (χ3n) is 4.08. The van der Waals surface area contributed by atoms with E-state index in [-0.39, 0.29) is 17.1 Å². The maximum Gasteiger partial charge on any atom is 0.304 e. The SMILES string of the molecule is CC(=O)O[C@@]1(c2ccc(Br)s2)C(C(C)(C)C)CCCS1(=O)=O. The summed E-state index contributed by atoms with van der Waals surface area (Å²) < 4.78 is 32.5. The maximum absolute atomic E-state index is 13.0. The molecule has 2 rings (SSSR count). The Labute approximate surface area is 144 Å². The highest BCUT2D eigenvalue weighted by Crippen LogP contribution is 2.54. The Morgan fingerprint density at radius 2 is 2.05 bits per heavy atom. The molecule has 1 saturated heterocycles. The third kappa shape index (κ3) is 2.99. The average molecular weight is 409 g/mol. The lowest BCUT2D eigenvalue weighted by Crippen LogP contribution is -2.54. The van der Waals surface area contributed by atoms with E-state index in [1.54, 1.807) is 12.1 Å². The van der Waals surface area contributed by atoms with Gasteiger partial charge in [0.1, 0.15) is 0 Å². The van der Waals surface area contributed by atoms with Gasteiger partial charge in [0.25, 0.3) is 0 Å². The van der Waals surface area contributed by atoms with Crippen molar-refractivity contribution in [3.8, 4) is 0 Å². The Balaban J connectivity index is 2.76. The minimum atomic E-state index is -3.61. The second-order valence-electron chi connectivity index (χ2n) is 6.74. The average Bonchev–Trinajstić information content (AvgIpc) is 2.76. The van der Waals surface area contributed by atoms with Crippen LogP contribution in [0.25, 0.3) is 0 Å². The molecule has 0 amide bonds. The highest BCUT2D eigenvalue weighted by Gasteiger charge is 2.60. The number of sulfone groups is 1. The summed E-state index contributed by atoms with van der Waals surface area (Å²) in [6.45, 7) is 7.27. The fraction of sp³-hybridized carbons (Fsp3) is 0.667. The first-order valence-corrected chi connectivity index (χ1v) is 10.4. The molecule has 0 radical (unpaired) electrons. The fourth-order valence-corrected chi connectivity index (χ4v) is 7.61. The first kappa shape index (κ1) is 17.9. The number of carbonyl (C=O) groups excluding carboxylic acids is 1. The smallest absolute Gasteiger partial charge is 0.304 e. The van der Waals surface area contributed by atoms with Gasteiger partial charge in [-0.25, -0.2) is 8.42 Å². The van der Waals surface area contributed by atoms with E-state index in [0.29, 0.717) is 17.7 Å². The number of hydrogen-bond donors (Lipinski definition) is 0. The molecular weight excluding hydrogens is 388 g/mol. The summed E-state index contributed by atoms with van der Waals surface area (Å²) in [6.07, 6.45) is 1.31. The molecule has 0 spiro atoms. The van der Waals surface area contributed by atoms with Crippen LogP contribution >= 0.6 is 27.3 Å². The molecule has 0 bridgehead atoms. The molecule has 0 saturated carbocycles. The predicted molar refractivity (Wildman–Crippen MR) is 91.4 cm³/mol. The Kier molecular flexibility index (Phi) is 4.82. The Bertz CT molecular complexity index is 672. The molecule has 1 fully saturated rings. The minimum Gasteiger partial charge on any atom is -0.437 e. The van der Waals surface area contributed by atoms with Crippen molar-refractivity contribution in [3.63, 3.8) is 0 Å². The molecule has 1 aromatic rings. The standard InChI is InChI=1S/C15H21BrO4S2/c1-10(17)20-15(12-7-8-13(16)21-12)11(14(2,3)4)6-5-9-22(15,18)19/h7-8,11H,5-6,9H2,1-4H3/t11?,15-/m0/s1. The molecule has 124 valence electrons. The van der Waals surface area contributed by atoms with Gasteiger partial charge in [0, 0.05) is 12.8 Å². The number of carbonyl (C=O) groups is 1. The molecule has 1 aliphatic heterocycles. The van der Waals surface area contributed by atoms with E-state index in [0.717, 1.165) is 3.79 Å². The third-order valence-corrected chi connectivity index (χ3v) is 8.29. The molecule has 7 heteroatoms. The first-order chi connectivity index (χ1) is 10.0. The van der Waals surface area contributed by atoms with Crippen LogP contribution in [0.4, 0.5) is 0 Å².